The van der Waals surface area contributed by atoms with Crippen LogP contribution in [0.3, 0.4) is 0 Å². The van der Waals surface area contributed by atoms with E-state index in [0.29, 0.717) is 19.3 Å². The Labute approximate surface area is 312 Å². The maximum Gasteiger partial charge on any atom is 0.290 e. The van der Waals surface area contributed by atoms with Gasteiger partial charge in [-0.2, -0.15) is 0 Å². The number of hydrogen-bond donors (Lipinski definition) is 5. The standard InChI is InChI=1S/C37H56N6O7.CH2O2/c1-23(2)19-29-37(49)41(4)24(3)34(46)40-28(20-25-11-6-5-7-12-25)35(47)39-27-15-18-50-31(33(27)45)21-43(22-32(44)38-29)36(48)26-13-10-17-42-16-9-8-14-30(26)42;2-1-3/h5-7,11-12,23-24,26-31,33,45H,8-10,13-22H2,1-4H3,(H,38,44)(H,39,47)(H,40,46);1H,(H,2,3)/t24-,26+,27-,28-,29+,30+,31+,33-;/m0./s1. The Morgan fingerprint density at radius 2 is 1.66 bits per heavy atom. The molecule has 5 N–H and O–H groups in total. The fourth-order valence-corrected chi connectivity index (χ4v) is 7.98. The molecule has 0 aromatic heterocycles. The van der Waals surface area contributed by atoms with Gasteiger partial charge in [-0.05, 0) is 70.0 Å². The Kier molecular flexibility index (Phi) is 15.6. The lowest BCUT2D eigenvalue weighted by Gasteiger charge is -2.45. The third-order valence-electron chi connectivity index (χ3n) is 10.9. The van der Waals surface area contributed by atoms with Crippen LogP contribution in [0.15, 0.2) is 30.3 Å². The van der Waals surface area contributed by atoms with Crippen LogP contribution >= 0.6 is 0 Å². The molecule has 4 aliphatic rings. The molecule has 0 aliphatic carbocycles. The fraction of sp³-hybridized carbons (Fsp3) is 0.684. The Balaban J connectivity index is 0.00000202. The van der Waals surface area contributed by atoms with Gasteiger partial charge in [0.15, 0.2) is 0 Å². The maximum atomic E-state index is 14.4. The van der Waals surface area contributed by atoms with Crippen LogP contribution in [0, 0.1) is 11.8 Å². The zero-order valence-electron chi connectivity index (χ0n) is 31.4. The average Bonchev–Trinajstić information content (AvgIpc) is 3.14. The van der Waals surface area contributed by atoms with Gasteiger partial charge < -0.3 is 40.7 Å². The van der Waals surface area contributed by atoms with E-state index in [1.165, 1.54) is 16.8 Å². The van der Waals surface area contributed by atoms with Crippen molar-refractivity contribution < 1.29 is 43.7 Å². The summed E-state index contributed by atoms with van der Waals surface area (Å²) in [4.78, 5) is 83.1. The van der Waals surface area contributed by atoms with Crippen molar-refractivity contribution in [2.24, 2.45) is 11.8 Å². The Morgan fingerprint density at radius 3 is 2.36 bits per heavy atom. The largest absolute Gasteiger partial charge is 0.483 e. The van der Waals surface area contributed by atoms with Crippen LogP contribution in [-0.2, 0) is 39.9 Å². The zero-order chi connectivity index (χ0) is 38.7. The van der Waals surface area contributed by atoms with E-state index in [-0.39, 0.29) is 56.4 Å². The number of nitrogens with zero attached hydrogens (tertiary/aromatic N) is 3. The highest BCUT2D eigenvalue weighted by atomic mass is 16.5. The van der Waals surface area contributed by atoms with E-state index < -0.39 is 60.0 Å². The summed E-state index contributed by atoms with van der Waals surface area (Å²) in [6.45, 7) is 6.99. The minimum Gasteiger partial charge on any atom is -0.483 e. The van der Waals surface area contributed by atoms with Crippen molar-refractivity contribution in [1.82, 2.24) is 30.7 Å². The smallest absolute Gasteiger partial charge is 0.290 e. The van der Waals surface area contributed by atoms with Gasteiger partial charge in [-0.1, -0.05) is 50.6 Å². The van der Waals surface area contributed by atoms with Crippen molar-refractivity contribution in [2.75, 3.05) is 39.8 Å². The van der Waals surface area contributed by atoms with Gasteiger partial charge in [0.1, 0.15) is 30.3 Å². The molecular weight excluding hydrogens is 684 g/mol. The number of carbonyl (C=O) groups excluding carboxylic acids is 5. The quantitative estimate of drug-likeness (QED) is 0.266. The Morgan fingerprint density at radius 1 is 0.962 bits per heavy atom. The molecule has 0 unspecified atom stereocenters. The molecule has 8 atom stereocenters. The van der Waals surface area contributed by atoms with Crippen molar-refractivity contribution in [3.05, 3.63) is 35.9 Å². The van der Waals surface area contributed by atoms with Crippen molar-refractivity contribution >= 4 is 36.0 Å². The third-order valence-corrected chi connectivity index (χ3v) is 10.9. The van der Waals surface area contributed by atoms with Crippen LogP contribution in [0.5, 0.6) is 0 Å². The first-order chi connectivity index (χ1) is 25.3. The summed E-state index contributed by atoms with van der Waals surface area (Å²) in [6.07, 6.45) is 3.47. The molecule has 15 heteroatoms. The van der Waals surface area contributed by atoms with Gasteiger partial charge in [-0.15, -0.1) is 0 Å². The SMILES string of the molecule is CC(C)C[C@H]1NC(=O)CN(C(=O)[C@@H]2CCCN3CCCC[C@H]23)C[C@H]2OCC[C@H](NC(=O)[C@H](Cc3ccccc3)NC(=O)[C@H](C)N(C)C1=O)[C@@H]2O.O=CO. The maximum absolute atomic E-state index is 14.4. The molecule has 4 heterocycles. The number of amides is 5. The van der Waals surface area contributed by atoms with Crippen LogP contribution in [0.2, 0.25) is 0 Å². The van der Waals surface area contributed by atoms with E-state index in [4.69, 9.17) is 14.6 Å². The molecule has 4 saturated heterocycles. The predicted octanol–water partition coefficient (Wildman–Crippen LogP) is 0.534. The number of likely N-dealkylation sites (N-methyl/N-ethyl adjacent to an activating group) is 1. The van der Waals surface area contributed by atoms with E-state index in [2.05, 4.69) is 20.9 Å². The highest BCUT2D eigenvalue weighted by molar-refractivity contribution is 5.95. The lowest BCUT2D eigenvalue weighted by molar-refractivity contribution is -0.152. The number of hydrogen-bond acceptors (Lipinski definition) is 9. The molecule has 15 nitrogen and oxygen atoms in total. The molecule has 5 amide bonds. The lowest BCUT2D eigenvalue weighted by Crippen LogP contribution is -2.61. The van der Waals surface area contributed by atoms with Gasteiger partial charge in [0.2, 0.25) is 29.5 Å². The number of benzene rings is 1. The normalized spacial score (nSPS) is 30.8. The van der Waals surface area contributed by atoms with Crippen LogP contribution in [0.4, 0.5) is 0 Å². The van der Waals surface area contributed by atoms with E-state index in [9.17, 15) is 29.1 Å². The van der Waals surface area contributed by atoms with E-state index >= 15 is 0 Å². The second-order valence-electron chi connectivity index (χ2n) is 15.1. The minimum absolute atomic E-state index is 0.0369. The zero-order valence-corrected chi connectivity index (χ0v) is 31.4. The topological polar surface area (TPSA) is 198 Å². The summed E-state index contributed by atoms with van der Waals surface area (Å²) in [6, 6.07) is 5.79. The number of aliphatic hydroxyl groups is 1. The summed E-state index contributed by atoms with van der Waals surface area (Å²) in [5, 5.41) is 27.1. The Bertz CT molecular complexity index is 1410. The molecule has 4 aliphatic heterocycles. The van der Waals surface area contributed by atoms with Crippen molar-refractivity contribution in [1.29, 1.82) is 0 Å². The molecule has 1 aromatic rings. The number of fused-ring (bicyclic) bond motifs is 3. The molecule has 0 saturated carbocycles. The Hall–Kier alpha value is -4.08. The number of rotatable bonds is 5. The molecule has 5 rings (SSSR count). The van der Waals surface area contributed by atoms with Crippen LogP contribution in [-0.4, -0.2) is 143 Å². The minimum atomic E-state index is -1.17. The molecule has 53 heavy (non-hydrogen) atoms. The highest BCUT2D eigenvalue weighted by Gasteiger charge is 2.43. The molecule has 0 radical (unpaired) electrons. The van der Waals surface area contributed by atoms with Gasteiger partial charge in [0.05, 0.1) is 25.0 Å². The third kappa shape index (κ3) is 11.2. The second-order valence-corrected chi connectivity index (χ2v) is 15.1. The number of carboxylic acid groups (broad SMARTS) is 1. The van der Waals surface area contributed by atoms with Gasteiger partial charge in [-0.3, -0.25) is 33.7 Å². The number of piperidine rings is 2. The summed E-state index contributed by atoms with van der Waals surface area (Å²) >= 11 is 0. The number of ether oxygens (including phenoxy) is 1. The van der Waals surface area contributed by atoms with Crippen molar-refractivity contribution in [2.45, 2.75) is 115 Å². The number of carbonyl (C=O) groups is 6. The van der Waals surface area contributed by atoms with Gasteiger partial charge in [0, 0.05) is 26.1 Å². The van der Waals surface area contributed by atoms with Crippen LogP contribution in [0.25, 0.3) is 0 Å². The van der Waals surface area contributed by atoms with Crippen LogP contribution in [0.1, 0.15) is 71.3 Å². The van der Waals surface area contributed by atoms with Crippen molar-refractivity contribution in [3.63, 3.8) is 0 Å². The summed E-state index contributed by atoms with van der Waals surface area (Å²) in [5.41, 5.74) is 0.828. The molecular formula is C38H58N6O9. The first-order valence-corrected chi connectivity index (χ1v) is 19.0. The van der Waals surface area contributed by atoms with E-state index in [1.807, 2.05) is 44.2 Å². The molecule has 4 fully saturated rings. The molecule has 1 aromatic carbocycles. The van der Waals surface area contributed by atoms with E-state index in [1.54, 1.807) is 6.92 Å². The number of aliphatic hydroxyl groups excluding tert-OH is 1. The van der Waals surface area contributed by atoms with E-state index in [0.717, 1.165) is 44.3 Å². The van der Waals surface area contributed by atoms with Crippen LogP contribution < -0.4 is 16.0 Å². The molecule has 294 valence electrons. The average molecular weight is 743 g/mol. The summed E-state index contributed by atoms with van der Waals surface area (Å²) in [7, 11) is 1.51. The second kappa shape index (κ2) is 19.8. The fourth-order valence-electron chi connectivity index (χ4n) is 7.98. The number of nitrogens with one attached hydrogen (secondary N) is 3. The first kappa shape index (κ1) is 41.7. The first-order valence-electron chi connectivity index (χ1n) is 19.0. The summed E-state index contributed by atoms with van der Waals surface area (Å²) in [5.74, 6) is -2.36. The summed E-state index contributed by atoms with van der Waals surface area (Å²) < 4.78 is 6.02. The molecule has 0 spiro atoms. The van der Waals surface area contributed by atoms with Gasteiger partial charge in [0.25, 0.3) is 6.47 Å². The van der Waals surface area contributed by atoms with Gasteiger partial charge >= 0.3 is 0 Å². The van der Waals surface area contributed by atoms with Crippen molar-refractivity contribution in [3.8, 4) is 0 Å². The molecule has 2 bridgehead atoms. The predicted molar refractivity (Wildman–Crippen MR) is 195 cm³/mol. The highest BCUT2D eigenvalue weighted by Crippen LogP contribution is 2.32. The monoisotopic (exact) mass is 742 g/mol. The lowest BCUT2D eigenvalue weighted by atomic mass is 9.82. The van der Waals surface area contributed by atoms with Gasteiger partial charge in [-0.25, -0.2) is 0 Å².